The molecule has 42 heavy (non-hydrogen) atoms. The molecule has 0 radical (unpaired) electrons. The van der Waals surface area contributed by atoms with Crippen molar-refractivity contribution in [2.45, 2.75) is 89.9 Å². The molecule has 0 spiro atoms. The monoisotopic (exact) mass is 548 g/mol. The lowest BCUT2D eigenvalue weighted by molar-refractivity contribution is 0.231. The fourth-order valence-corrected chi connectivity index (χ4v) is 10.4. The molecule has 2 saturated carbocycles. The molecule has 2 aromatic heterocycles. The van der Waals surface area contributed by atoms with Gasteiger partial charge in [-0.15, -0.1) is 0 Å². The molecule has 0 saturated heterocycles. The maximum Gasteiger partial charge on any atom is 0.0750 e. The van der Waals surface area contributed by atoms with E-state index in [-0.39, 0.29) is 21.7 Å². The van der Waals surface area contributed by atoms with Crippen molar-refractivity contribution < 1.29 is 0 Å². The van der Waals surface area contributed by atoms with Gasteiger partial charge in [0.2, 0.25) is 0 Å². The zero-order valence-electron chi connectivity index (χ0n) is 25.8. The molecule has 4 bridgehead atoms. The summed E-state index contributed by atoms with van der Waals surface area (Å²) in [5.74, 6) is 1.18. The summed E-state index contributed by atoms with van der Waals surface area (Å²) >= 11 is 0. The van der Waals surface area contributed by atoms with Crippen molar-refractivity contribution in [2.75, 3.05) is 0 Å². The van der Waals surface area contributed by atoms with Crippen LogP contribution in [0.4, 0.5) is 0 Å². The highest BCUT2D eigenvalue weighted by Crippen LogP contribution is 2.71. The molecule has 4 aliphatic rings. The summed E-state index contributed by atoms with van der Waals surface area (Å²) in [4.78, 5) is 10.8. The Hall–Kier alpha value is -3.52. The minimum Gasteiger partial charge on any atom is -0.247 e. The van der Waals surface area contributed by atoms with E-state index >= 15 is 0 Å². The van der Waals surface area contributed by atoms with Crippen LogP contribution < -0.4 is 0 Å². The van der Waals surface area contributed by atoms with Crippen LogP contribution in [0.5, 0.6) is 0 Å². The zero-order chi connectivity index (χ0) is 28.8. The first kappa shape index (κ1) is 25.0. The Morgan fingerprint density at radius 2 is 0.905 bits per heavy atom. The summed E-state index contributed by atoms with van der Waals surface area (Å²) in [5, 5.41) is 2.72. The predicted molar refractivity (Wildman–Crippen MR) is 174 cm³/mol. The number of fused-ring (bicyclic) bond motifs is 14. The predicted octanol–water partition coefficient (Wildman–Crippen LogP) is 10.5. The molecule has 2 heteroatoms. The van der Waals surface area contributed by atoms with Crippen molar-refractivity contribution in [3.63, 3.8) is 0 Å². The second-order valence-electron chi connectivity index (χ2n) is 15.4. The first-order valence-electron chi connectivity index (χ1n) is 16.0. The van der Waals surface area contributed by atoms with E-state index in [4.69, 9.17) is 9.97 Å². The lowest BCUT2D eigenvalue weighted by Crippen LogP contribution is -2.32. The summed E-state index contributed by atoms with van der Waals surface area (Å²) in [5.41, 5.74) is 14.0. The molecule has 2 heterocycles. The van der Waals surface area contributed by atoms with Gasteiger partial charge in [0.1, 0.15) is 0 Å². The fourth-order valence-electron chi connectivity index (χ4n) is 10.4. The van der Waals surface area contributed by atoms with E-state index in [0.29, 0.717) is 11.8 Å². The normalized spacial score (nSPS) is 29.4. The lowest BCUT2D eigenvalue weighted by atomic mass is 9.67. The van der Waals surface area contributed by atoms with Gasteiger partial charge in [-0.1, -0.05) is 102 Å². The van der Waals surface area contributed by atoms with E-state index in [1.165, 1.54) is 70.1 Å². The van der Waals surface area contributed by atoms with Crippen LogP contribution >= 0.6 is 0 Å². The average Bonchev–Trinajstić information content (AvgIpc) is 3.51. The molecular weight excluding hydrogens is 508 g/mol. The molecule has 0 amide bonds. The Balaban J connectivity index is 1.25. The standard InChI is InChI=1S/C40H40N2/c1-37(2)27-19-21-39(37,5)33-31(27)25-11-7-9-13-29(25)41-35(33)23-15-17-24(18-16-23)36-34-32(26-12-8-10-14-30(26)42-36)28-20-22-40(34,6)38(28,3)4/h7-18,27-28H,19-22H2,1-6H3. The van der Waals surface area contributed by atoms with Crippen molar-refractivity contribution in [3.05, 3.63) is 95.1 Å². The molecule has 0 aliphatic heterocycles. The minimum atomic E-state index is 0.137. The molecule has 210 valence electrons. The molecule has 4 unspecified atom stereocenters. The first-order chi connectivity index (χ1) is 20.1. The van der Waals surface area contributed by atoms with Crippen LogP contribution in [0.2, 0.25) is 0 Å². The lowest BCUT2D eigenvalue weighted by Gasteiger charge is -2.36. The van der Waals surface area contributed by atoms with Gasteiger partial charge in [-0.25, -0.2) is 9.97 Å². The number of para-hydroxylation sites is 2. The number of pyridine rings is 2. The Morgan fingerprint density at radius 3 is 1.31 bits per heavy atom. The molecule has 3 aromatic carbocycles. The minimum absolute atomic E-state index is 0.137. The van der Waals surface area contributed by atoms with E-state index < -0.39 is 0 Å². The summed E-state index contributed by atoms with van der Waals surface area (Å²) in [6, 6.07) is 27.0. The number of nitrogens with zero attached hydrogens (tertiary/aromatic N) is 2. The molecule has 4 atom stereocenters. The Kier molecular flexibility index (Phi) is 4.59. The SMILES string of the molecule is CC12CCC(c3c1c(-c1ccc(-c4nc5ccccc5c5c4C4(C)CCC5C4(C)C)cc1)nc1ccccc31)C2(C)C. The van der Waals surface area contributed by atoms with Crippen LogP contribution in [0, 0.1) is 10.8 Å². The summed E-state index contributed by atoms with van der Waals surface area (Å²) in [6.07, 6.45) is 5.03. The molecule has 9 rings (SSSR count). The van der Waals surface area contributed by atoms with Gasteiger partial charge in [-0.05, 0) is 82.7 Å². The number of aromatic nitrogens is 2. The quantitative estimate of drug-likeness (QED) is 0.219. The topological polar surface area (TPSA) is 25.8 Å². The fraction of sp³-hybridized carbons (Fsp3) is 0.400. The Bertz CT molecular complexity index is 1840. The second kappa shape index (κ2) is 7.70. The number of benzene rings is 3. The largest absolute Gasteiger partial charge is 0.247 e. The Labute approximate surface area is 249 Å². The van der Waals surface area contributed by atoms with E-state index in [1.54, 1.807) is 11.1 Å². The van der Waals surface area contributed by atoms with Gasteiger partial charge < -0.3 is 0 Å². The van der Waals surface area contributed by atoms with Crippen molar-refractivity contribution in [2.24, 2.45) is 10.8 Å². The van der Waals surface area contributed by atoms with Gasteiger partial charge in [-0.3, -0.25) is 0 Å². The number of hydrogen-bond acceptors (Lipinski definition) is 2. The van der Waals surface area contributed by atoms with Crippen LogP contribution in [0.1, 0.15) is 101 Å². The molecule has 0 N–H and O–H groups in total. The van der Waals surface area contributed by atoms with Crippen molar-refractivity contribution in [1.29, 1.82) is 0 Å². The smallest absolute Gasteiger partial charge is 0.0750 e. The Morgan fingerprint density at radius 1 is 0.524 bits per heavy atom. The van der Waals surface area contributed by atoms with Gasteiger partial charge in [0.25, 0.3) is 0 Å². The van der Waals surface area contributed by atoms with Crippen LogP contribution in [0.3, 0.4) is 0 Å². The third-order valence-electron chi connectivity index (χ3n) is 13.6. The molecule has 5 aromatic rings. The third-order valence-corrected chi connectivity index (χ3v) is 13.6. The first-order valence-corrected chi connectivity index (χ1v) is 16.0. The van der Waals surface area contributed by atoms with Gasteiger partial charge in [-0.2, -0.15) is 0 Å². The van der Waals surface area contributed by atoms with Crippen LogP contribution in [-0.2, 0) is 10.8 Å². The van der Waals surface area contributed by atoms with E-state index in [2.05, 4.69) is 114 Å². The second-order valence-corrected chi connectivity index (χ2v) is 15.4. The van der Waals surface area contributed by atoms with E-state index in [0.717, 1.165) is 11.0 Å². The highest BCUT2D eigenvalue weighted by molar-refractivity contribution is 5.92. The highest BCUT2D eigenvalue weighted by Gasteiger charge is 2.62. The van der Waals surface area contributed by atoms with Crippen LogP contribution in [-0.4, -0.2) is 9.97 Å². The molecular formula is C40H40N2. The zero-order valence-corrected chi connectivity index (χ0v) is 25.8. The van der Waals surface area contributed by atoms with Gasteiger partial charge in [0.15, 0.2) is 0 Å². The summed E-state index contributed by atoms with van der Waals surface area (Å²) in [6.45, 7) is 15.0. The number of rotatable bonds is 2. The van der Waals surface area contributed by atoms with Crippen molar-refractivity contribution in [3.8, 4) is 22.5 Å². The molecule has 2 nitrogen and oxygen atoms in total. The third kappa shape index (κ3) is 2.70. The average molecular weight is 549 g/mol. The van der Waals surface area contributed by atoms with Gasteiger partial charge in [0.05, 0.1) is 22.4 Å². The van der Waals surface area contributed by atoms with E-state index in [9.17, 15) is 0 Å². The maximum atomic E-state index is 5.39. The van der Waals surface area contributed by atoms with E-state index in [1.807, 2.05) is 0 Å². The molecule has 4 aliphatic carbocycles. The maximum absolute atomic E-state index is 5.39. The van der Waals surface area contributed by atoms with Gasteiger partial charge >= 0.3 is 0 Å². The summed E-state index contributed by atoms with van der Waals surface area (Å²) in [7, 11) is 0. The van der Waals surface area contributed by atoms with Crippen LogP contribution in [0.15, 0.2) is 72.8 Å². The summed E-state index contributed by atoms with van der Waals surface area (Å²) < 4.78 is 0. The van der Waals surface area contributed by atoms with Gasteiger partial charge in [0, 0.05) is 32.7 Å². The number of hydrogen-bond donors (Lipinski definition) is 0. The van der Waals surface area contributed by atoms with Crippen molar-refractivity contribution >= 4 is 21.8 Å². The molecule has 2 fully saturated rings. The highest BCUT2D eigenvalue weighted by atomic mass is 14.8. The van der Waals surface area contributed by atoms with Crippen molar-refractivity contribution in [1.82, 2.24) is 9.97 Å². The van der Waals surface area contributed by atoms with Crippen LogP contribution in [0.25, 0.3) is 44.3 Å².